The normalized spacial score (nSPS) is 11.5. The molecule has 31 heavy (non-hydrogen) atoms. The van der Waals surface area contributed by atoms with Crippen molar-refractivity contribution in [2.75, 3.05) is 0 Å². The summed E-state index contributed by atoms with van der Waals surface area (Å²) >= 11 is 0. The van der Waals surface area contributed by atoms with Gasteiger partial charge < -0.3 is 0 Å². The summed E-state index contributed by atoms with van der Waals surface area (Å²) in [6.45, 7) is 8.02. The number of hydrogen-bond donors (Lipinski definition) is 0. The van der Waals surface area contributed by atoms with Gasteiger partial charge in [-0.3, -0.25) is 0 Å². The van der Waals surface area contributed by atoms with Crippen LogP contribution in [0.15, 0.2) is 42.7 Å². The number of unbranched alkanes of at least 4 members (excludes halogenated alkanes) is 13. The monoisotopic (exact) mass is 425 g/mol. The molecular formula is C29H49N2+. The van der Waals surface area contributed by atoms with Crippen LogP contribution in [0.1, 0.15) is 128 Å². The van der Waals surface area contributed by atoms with Gasteiger partial charge in [0.05, 0.1) is 19.0 Å². The average Bonchev–Trinajstić information content (AvgIpc) is 3.17. The Kier molecular flexibility index (Phi) is 13.4. The van der Waals surface area contributed by atoms with Gasteiger partial charge in [0.25, 0.3) is 5.82 Å². The third kappa shape index (κ3) is 10.5. The molecule has 1 aromatic carbocycles. The van der Waals surface area contributed by atoms with E-state index in [1.165, 1.54) is 101 Å². The van der Waals surface area contributed by atoms with Crippen molar-refractivity contribution in [2.45, 2.75) is 130 Å². The molecule has 0 aliphatic carbocycles. The molecule has 2 nitrogen and oxygen atoms in total. The van der Waals surface area contributed by atoms with Gasteiger partial charge in [0.2, 0.25) is 0 Å². The van der Waals surface area contributed by atoms with Gasteiger partial charge in [-0.2, -0.15) is 0 Å². The quantitative estimate of drug-likeness (QED) is 0.167. The van der Waals surface area contributed by atoms with Crippen LogP contribution >= 0.6 is 0 Å². The highest BCUT2D eigenvalue weighted by molar-refractivity contribution is 5.18. The number of nitrogens with zero attached hydrogens (tertiary/aromatic N) is 2. The lowest BCUT2D eigenvalue weighted by Gasteiger charge is -2.08. The Bertz CT molecular complexity index is 671. The fraction of sp³-hybridized carbons (Fsp3) is 0.690. The minimum atomic E-state index is 0.510. The van der Waals surface area contributed by atoms with Crippen molar-refractivity contribution in [1.29, 1.82) is 0 Å². The maximum atomic E-state index is 2.49. The number of hydrogen-bond acceptors (Lipinski definition) is 0. The first-order chi connectivity index (χ1) is 15.2. The topological polar surface area (TPSA) is 8.81 Å². The lowest BCUT2D eigenvalue weighted by molar-refractivity contribution is -0.704. The van der Waals surface area contributed by atoms with Crippen molar-refractivity contribution in [3.8, 4) is 0 Å². The van der Waals surface area contributed by atoms with E-state index in [0.29, 0.717) is 6.04 Å². The zero-order chi connectivity index (χ0) is 22.2. The molecule has 0 radical (unpaired) electrons. The maximum Gasteiger partial charge on any atom is 0.261 e. The van der Waals surface area contributed by atoms with E-state index in [4.69, 9.17) is 0 Å². The first kappa shape index (κ1) is 25.7. The van der Waals surface area contributed by atoms with Crippen molar-refractivity contribution >= 4 is 0 Å². The first-order valence-electron chi connectivity index (χ1n) is 13.4. The highest BCUT2D eigenvalue weighted by Gasteiger charge is 2.19. The molecule has 0 unspecified atom stereocenters. The van der Waals surface area contributed by atoms with E-state index in [1.54, 1.807) is 0 Å². The fourth-order valence-electron chi connectivity index (χ4n) is 4.59. The van der Waals surface area contributed by atoms with Gasteiger partial charge in [-0.15, -0.1) is 0 Å². The second-order valence-corrected chi connectivity index (χ2v) is 9.67. The van der Waals surface area contributed by atoms with Crippen LogP contribution in [0.5, 0.6) is 0 Å². The predicted octanol–water partition coefficient (Wildman–Crippen LogP) is 8.43. The van der Waals surface area contributed by atoms with Gasteiger partial charge in [-0.05, 0) is 32.3 Å². The summed E-state index contributed by atoms with van der Waals surface area (Å²) in [6, 6.07) is 11.4. The zero-order valence-corrected chi connectivity index (χ0v) is 20.8. The molecule has 2 rings (SSSR count). The van der Waals surface area contributed by atoms with Crippen molar-refractivity contribution < 1.29 is 4.57 Å². The van der Waals surface area contributed by atoms with Crippen LogP contribution in [-0.4, -0.2) is 4.57 Å². The molecule has 0 atom stereocenters. The Morgan fingerprint density at radius 3 is 1.74 bits per heavy atom. The molecule has 0 aliphatic rings. The summed E-state index contributed by atoms with van der Waals surface area (Å²) in [5.74, 6) is 1.44. The molecule has 0 saturated carbocycles. The average molecular weight is 426 g/mol. The molecule has 2 aromatic rings. The van der Waals surface area contributed by atoms with Crippen molar-refractivity contribution in [2.24, 2.45) is 0 Å². The van der Waals surface area contributed by atoms with Gasteiger partial charge in [0.15, 0.2) is 0 Å². The Balaban J connectivity index is 1.57. The van der Waals surface area contributed by atoms with Crippen molar-refractivity contribution in [3.05, 3.63) is 54.1 Å². The molecule has 0 spiro atoms. The molecule has 0 saturated heterocycles. The summed E-state index contributed by atoms with van der Waals surface area (Å²) in [5.41, 5.74) is 1.40. The highest BCUT2D eigenvalue weighted by Crippen LogP contribution is 2.14. The van der Waals surface area contributed by atoms with E-state index in [-0.39, 0.29) is 0 Å². The number of aromatic nitrogens is 2. The molecule has 0 amide bonds. The second kappa shape index (κ2) is 16.1. The van der Waals surface area contributed by atoms with Crippen LogP contribution < -0.4 is 4.57 Å². The summed E-state index contributed by atoms with van der Waals surface area (Å²) in [5, 5.41) is 0. The smallest absolute Gasteiger partial charge is 0.234 e. The lowest BCUT2D eigenvalue weighted by Crippen LogP contribution is -2.37. The standard InChI is InChI=1S/C29H49N2/c1-4-5-6-7-8-9-10-11-12-13-14-15-16-20-23-30-24-25-31(27(2)3)29(30)26-28-21-18-17-19-22-28/h17-19,21-22,24-25,27H,4-16,20,23,26H2,1-3H3/q+1. The van der Waals surface area contributed by atoms with Crippen LogP contribution in [0.4, 0.5) is 0 Å². The van der Waals surface area contributed by atoms with E-state index in [1.807, 2.05) is 0 Å². The predicted molar refractivity (Wildman–Crippen MR) is 135 cm³/mol. The van der Waals surface area contributed by atoms with Crippen molar-refractivity contribution in [1.82, 2.24) is 4.57 Å². The zero-order valence-electron chi connectivity index (χ0n) is 20.8. The molecule has 1 heterocycles. The third-order valence-electron chi connectivity index (χ3n) is 6.55. The Morgan fingerprint density at radius 1 is 0.710 bits per heavy atom. The van der Waals surface area contributed by atoms with Crippen LogP contribution in [0.25, 0.3) is 0 Å². The summed E-state index contributed by atoms with van der Waals surface area (Å²) in [6.07, 6.45) is 25.5. The summed E-state index contributed by atoms with van der Waals surface area (Å²) in [7, 11) is 0. The van der Waals surface area contributed by atoms with Gasteiger partial charge in [-0.25, -0.2) is 9.13 Å². The minimum absolute atomic E-state index is 0.510. The molecule has 0 aliphatic heterocycles. The van der Waals surface area contributed by atoms with Crippen molar-refractivity contribution in [3.63, 3.8) is 0 Å². The van der Waals surface area contributed by atoms with Crippen LogP contribution in [-0.2, 0) is 13.0 Å². The van der Waals surface area contributed by atoms with Gasteiger partial charge >= 0.3 is 0 Å². The van der Waals surface area contributed by atoms with E-state index in [2.05, 4.69) is 72.6 Å². The molecule has 0 N–H and O–H groups in total. The Hall–Kier alpha value is -1.57. The van der Waals surface area contributed by atoms with E-state index in [9.17, 15) is 0 Å². The Labute approximate surface area is 193 Å². The molecule has 174 valence electrons. The van der Waals surface area contributed by atoms with E-state index in [0.717, 1.165) is 13.0 Å². The third-order valence-corrected chi connectivity index (χ3v) is 6.55. The summed E-state index contributed by atoms with van der Waals surface area (Å²) < 4.78 is 4.93. The molecule has 0 bridgehead atoms. The summed E-state index contributed by atoms with van der Waals surface area (Å²) in [4.78, 5) is 0. The number of aryl methyl sites for hydroxylation is 1. The Morgan fingerprint density at radius 2 is 1.23 bits per heavy atom. The molecule has 0 fully saturated rings. The second-order valence-electron chi connectivity index (χ2n) is 9.67. The van der Waals surface area contributed by atoms with Gasteiger partial charge in [0, 0.05) is 0 Å². The number of rotatable bonds is 18. The maximum absolute atomic E-state index is 2.49. The van der Waals surface area contributed by atoms with Gasteiger partial charge in [-0.1, -0.05) is 114 Å². The largest absolute Gasteiger partial charge is 0.261 e. The SMILES string of the molecule is CCCCCCCCCCCCCCCC[n+]1ccn(C(C)C)c1Cc1ccccc1. The molecule has 2 heteroatoms. The highest BCUT2D eigenvalue weighted by atomic mass is 15.2. The van der Waals surface area contributed by atoms with E-state index >= 15 is 0 Å². The van der Waals surface area contributed by atoms with Crippen LogP contribution in [0, 0.1) is 0 Å². The molecular weight excluding hydrogens is 376 g/mol. The minimum Gasteiger partial charge on any atom is -0.234 e. The van der Waals surface area contributed by atoms with Crippen LogP contribution in [0.3, 0.4) is 0 Å². The lowest BCUT2D eigenvalue weighted by atomic mass is 10.0. The number of imidazole rings is 1. The molecule has 1 aromatic heterocycles. The fourth-order valence-corrected chi connectivity index (χ4v) is 4.59. The van der Waals surface area contributed by atoms with Gasteiger partial charge in [0.1, 0.15) is 12.4 Å². The number of benzene rings is 1. The first-order valence-corrected chi connectivity index (χ1v) is 13.4. The van der Waals surface area contributed by atoms with E-state index < -0.39 is 0 Å². The van der Waals surface area contributed by atoms with Crippen LogP contribution in [0.2, 0.25) is 0 Å².